The summed E-state index contributed by atoms with van der Waals surface area (Å²) in [5.74, 6) is -2.45. The molecule has 108 valence electrons. The Labute approximate surface area is 101 Å². The Morgan fingerprint density at radius 2 is 1.94 bits per heavy atom. The van der Waals surface area contributed by atoms with Gasteiger partial charge in [0.15, 0.2) is 0 Å². The highest BCUT2D eigenvalue weighted by molar-refractivity contribution is 7.46. The van der Waals surface area contributed by atoms with Crippen LogP contribution in [0.2, 0.25) is 0 Å². The molecule has 11 heteroatoms. The third kappa shape index (κ3) is 3.45. The second-order valence-electron chi connectivity index (χ2n) is 3.87. The number of aliphatic hydroxyl groups is 5. The van der Waals surface area contributed by atoms with E-state index in [1.165, 1.54) is 0 Å². The first-order valence-electron chi connectivity index (χ1n) is 4.86. The summed E-state index contributed by atoms with van der Waals surface area (Å²) >= 11 is 0. The molecule has 0 aromatic carbocycles. The van der Waals surface area contributed by atoms with Gasteiger partial charge in [0.05, 0.1) is 13.2 Å². The number of hydrogen-bond donors (Lipinski definition) is 7. The van der Waals surface area contributed by atoms with E-state index >= 15 is 0 Å². The Balaban J connectivity index is 2.65. The molecule has 1 saturated heterocycles. The number of ether oxygens (including phenoxy) is 1. The molecule has 0 amide bonds. The average Bonchev–Trinajstić information content (AvgIpc) is 2.51. The monoisotopic (exact) mass is 290 g/mol. The fourth-order valence-corrected chi connectivity index (χ4v) is 1.87. The first kappa shape index (κ1) is 15.9. The maximum Gasteiger partial charge on any atom is 0.469 e. The second-order valence-corrected chi connectivity index (χ2v) is 5.11. The van der Waals surface area contributed by atoms with Crippen molar-refractivity contribution < 1.29 is 49.1 Å². The first-order chi connectivity index (χ1) is 8.10. The Hall–Kier alpha value is -0.130. The van der Waals surface area contributed by atoms with Gasteiger partial charge in [0, 0.05) is 0 Å². The molecule has 1 aliphatic rings. The van der Waals surface area contributed by atoms with E-state index < -0.39 is 51.2 Å². The van der Waals surface area contributed by atoms with Gasteiger partial charge in [-0.15, -0.1) is 0 Å². The Morgan fingerprint density at radius 1 is 1.39 bits per heavy atom. The smallest absolute Gasteiger partial charge is 0.391 e. The maximum absolute atomic E-state index is 10.4. The fourth-order valence-electron chi connectivity index (χ4n) is 1.53. The van der Waals surface area contributed by atoms with Gasteiger partial charge in [-0.05, 0) is 0 Å². The van der Waals surface area contributed by atoms with Crippen LogP contribution in [0.15, 0.2) is 0 Å². The highest BCUT2D eigenvalue weighted by Crippen LogP contribution is 2.37. The van der Waals surface area contributed by atoms with Gasteiger partial charge >= 0.3 is 7.82 Å². The summed E-state index contributed by atoms with van der Waals surface area (Å²) in [5, 5.41) is 46.6. The highest BCUT2D eigenvalue weighted by atomic mass is 31.2. The van der Waals surface area contributed by atoms with Gasteiger partial charge in [0.25, 0.3) is 0 Å². The largest absolute Gasteiger partial charge is 0.469 e. The van der Waals surface area contributed by atoms with Crippen molar-refractivity contribution >= 4 is 7.82 Å². The summed E-state index contributed by atoms with van der Waals surface area (Å²) in [7, 11) is -4.81. The molecule has 0 bridgehead atoms. The molecule has 7 N–H and O–H groups in total. The molecule has 18 heavy (non-hydrogen) atoms. The summed E-state index contributed by atoms with van der Waals surface area (Å²) < 4.78 is 19.1. The van der Waals surface area contributed by atoms with Gasteiger partial charge in [-0.3, -0.25) is 4.52 Å². The minimum atomic E-state index is -4.81. The van der Waals surface area contributed by atoms with Crippen molar-refractivity contribution in [2.24, 2.45) is 0 Å². The Kier molecular flexibility index (Phi) is 4.84. The van der Waals surface area contributed by atoms with Crippen LogP contribution in [0.1, 0.15) is 0 Å². The lowest BCUT2D eigenvalue weighted by atomic mass is 10.0. The van der Waals surface area contributed by atoms with Crippen molar-refractivity contribution in [3.05, 3.63) is 0 Å². The number of phosphoric acid groups is 1. The summed E-state index contributed by atoms with van der Waals surface area (Å²) in [6, 6.07) is 0. The number of phosphoric ester groups is 1. The molecular weight excluding hydrogens is 275 g/mol. The van der Waals surface area contributed by atoms with Crippen LogP contribution in [0.4, 0.5) is 0 Å². The molecule has 1 heterocycles. The molecule has 0 unspecified atom stereocenters. The maximum atomic E-state index is 10.4. The van der Waals surface area contributed by atoms with E-state index in [2.05, 4.69) is 9.26 Å². The minimum absolute atomic E-state index is 0.889. The molecule has 0 aromatic heterocycles. The number of rotatable bonds is 5. The Bertz CT molecular complexity index is 330. The summed E-state index contributed by atoms with van der Waals surface area (Å²) in [6.45, 7) is -1.92. The van der Waals surface area contributed by atoms with Gasteiger partial charge in [0.2, 0.25) is 5.79 Å². The lowest BCUT2D eigenvalue weighted by Gasteiger charge is -2.23. The zero-order valence-electron chi connectivity index (χ0n) is 9.03. The molecule has 5 atom stereocenters. The summed E-state index contributed by atoms with van der Waals surface area (Å²) in [6.07, 6.45) is -6.92. The lowest BCUT2D eigenvalue weighted by molar-refractivity contribution is -0.254. The Morgan fingerprint density at radius 3 is 2.33 bits per heavy atom. The zero-order valence-corrected chi connectivity index (χ0v) is 9.92. The average molecular weight is 290 g/mol. The van der Waals surface area contributed by atoms with Crippen LogP contribution in [-0.4, -0.2) is 78.7 Å². The van der Waals surface area contributed by atoms with Crippen LogP contribution in [0.3, 0.4) is 0 Å². The standard InChI is InChI=1S/C7H15O10P/c8-2-7(12)6(11)4(10)5(17-7)3(9)1-16-18(13,14)15/h3-6,8-12H,1-2H2,(H2,13,14,15)/t3-,4-,5-,6+,7-/m1/s1. The van der Waals surface area contributed by atoms with Crippen molar-refractivity contribution in [2.75, 3.05) is 13.2 Å². The molecule has 1 rings (SSSR count). The van der Waals surface area contributed by atoms with Gasteiger partial charge in [-0.2, -0.15) is 0 Å². The number of hydrogen-bond acceptors (Lipinski definition) is 8. The van der Waals surface area contributed by atoms with Crippen LogP contribution >= 0.6 is 7.82 Å². The van der Waals surface area contributed by atoms with Crippen molar-refractivity contribution in [1.82, 2.24) is 0 Å². The molecule has 1 aliphatic heterocycles. The van der Waals surface area contributed by atoms with E-state index in [0.717, 1.165) is 0 Å². The van der Waals surface area contributed by atoms with Crippen molar-refractivity contribution in [3.8, 4) is 0 Å². The normalized spacial score (nSPS) is 38.9. The van der Waals surface area contributed by atoms with E-state index in [1.807, 2.05) is 0 Å². The predicted octanol–water partition coefficient (Wildman–Crippen LogP) is -3.74. The topological polar surface area (TPSA) is 177 Å². The summed E-state index contributed by atoms with van der Waals surface area (Å²) in [5.41, 5.74) is 0. The third-order valence-corrected chi connectivity index (χ3v) is 2.97. The summed E-state index contributed by atoms with van der Waals surface area (Å²) in [4.78, 5) is 16.8. The second kappa shape index (κ2) is 5.47. The molecule has 1 fully saturated rings. The van der Waals surface area contributed by atoms with E-state index in [9.17, 15) is 25.0 Å². The molecule has 0 saturated carbocycles. The first-order valence-corrected chi connectivity index (χ1v) is 6.39. The van der Waals surface area contributed by atoms with Crippen LogP contribution in [0.5, 0.6) is 0 Å². The van der Waals surface area contributed by atoms with Crippen molar-refractivity contribution in [1.29, 1.82) is 0 Å². The molecule has 0 radical (unpaired) electrons. The highest BCUT2D eigenvalue weighted by Gasteiger charge is 2.55. The minimum Gasteiger partial charge on any atom is -0.391 e. The van der Waals surface area contributed by atoms with E-state index in [4.69, 9.17) is 14.9 Å². The predicted molar refractivity (Wildman–Crippen MR) is 52.9 cm³/mol. The van der Waals surface area contributed by atoms with Gasteiger partial charge in [-0.25, -0.2) is 4.57 Å². The lowest BCUT2D eigenvalue weighted by Crippen LogP contribution is -2.46. The van der Waals surface area contributed by atoms with Crippen molar-refractivity contribution in [3.63, 3.8) is 0 Å². The SMILES string of the molecule is O=P(O)(O)OC[C@@H](O)[C@H]1O[C@](O)(CO)[C@@H](O)[C@@H]1O. The molecule has 0 spiro atoms. The van der Waals surface area contributed by atoms with E-state index in [1.54, 1.807) is 0 Å². The van der Waals surface area contributed by atoms with E-state index in [0.29, 0.717) is 0 Å². The van der Waals surface area contributed by atoms with Crippen LogP contribution < -0.4 is 0 Å². The molecular formula is C7H15O10P. The van der Waals surface area contributed by atoms with Gasteiger partial charge in [-0.1, -0.05) is 0 Å². The van der Waals surface area contributed by atoms with E-state index in [-0.39, 0.29) is 0 Å². The van der Waals surface area contributed by atoms with Crippen LogP contribution in [0, 0.1) is 0 Å². The molecule has 0 aromatic rings. The fraction of sp³-hybridized carbons (Fsp3) is 1.00. The number of aliphatic hydroxyl groups excluding tert-OH is 4. The molecule has 10 nitrogen and oxygen atoms in total. The van der Waals surface area contributed by atoms with Crippen molar-refractivity contribution in [2.45, 2.75) is 30.2 Å². The van der Waals surface area contributed by atoms with Gasteiger partial charge in [0.1, 0.15) is 24.4 Å². The zero-order chi connectivity index (χ0) is 14.1. The van der Waals surface area contributed by atoms with Crippen LogP contribution in [0.25, 0.3) is 0 Å². The van der Waals surface area contributed by atoms with Crippen LogP contribution in [-0.2, 0) is 13.8 Å². The third-order valence-electron chi connectivity index (χ3n) is 2.48. The quantitative estimate of drug-likeness (QED) is 0.249. The van der Waals surface area contributed by atoms with Gasteiger partial charge < -0.3 is 40.1 Å². The molecule has 0 aliphatic carbocycles.